The molecule has 0 saturated heterocycles. The van der Waals surface area contributed by atoms with Gasteiger partial charge in [-0.25, -0.2) is 0 Å². The summed E-state index contributed by atoms with van der Waals surface area (Å²) in [4.78, 5) is 0. The minimum Gasteiger partial charge on any atom is -0.471 e. The molecule has 0 rings (SSSR count). The Morgan fingerprint density at radius 1 is 2.00 bits per heavy atom. The van der Waals surface area contributed by atoms with Crippen molar-refractivity contribution in [3.05, 3.63) is 0 Å². The van der Waals surface area contributed by atoms with Gasteiger partial charge in [-0.15, -0.1) is 0 Å². The van der Waals surface area contributed by atoms with E-state index in [2.05, 4.69) is 4.74 Å². The molecule has 0 amide bonds. The molecule has 0 aromatic carbocycles. The average Bonchev–Trinajstić information content (AvgIpc) is 1.68. The predicted octanol–water partition coefficient (Wildman–Crippen LogP) is 0.524. The maximum Gasteiger partial charge on any atom is 0.287 e. The van der Waals surface area contributed by atoms with Gasteiger partial charge in [0.1, 0.15) is 0 Å². The monoisotopic (exact) mass is 98.0 g/mol. The van der Waals surface area contributed by atoms with E-state index in [-0.39, 0.29) is 5.90 Å². The van der Waals surface area contributed by atoms with Crippen LogP contribution in [-0.4, -0.2) is 12.5 Å². The molecule has 0 saturated carbocycles. The maximum absolute atomic E-state index is 7.87. The average molecular weight is 98.1 g/mol. The van der Waals surface area contributed by atoms with E-state index < -0.39 is 0 Å². The van der Waals surface area contributed by atoms with Crippen molar-refractivity contribution in [3.8, 4) is 6.07 Å². The first-order valence-electron chi connectivity index (χ1n) is 1.92. The second-order valence-corrected chi connectivity index (χ2v) is 0.874. The van der Waals surface area contributed by atoms with Crippen molar-refractivity contribution in [3.63, 3.8) is 0 Å². The van der Waals surface area contributed by atoms with E-state index in [1.165, 1.54) is 6.07 Å². The second-order valence-electron chi connectivity index (χ2n) is 0.874. The summed E-state index contributed by atoms with van der Waals surface area (Å²) >= 11 is 0. The molecule has 7 heavy (non-hydrogen) atoms. The minimum absolute atomic E-state index is 0.317. The van der Waals surface area contributed by atoms with E-state index in [0.717, 1.165) is 0 Å². The highest BCUT2D eigenvalue weighted by Gasteiger charge is 1.85. The van der Waals surface area contributed by atoms with Gasteiger partial charge < -0.3 is 4.74 Å². The van der Waals surface area contributed by atoms with Crippen LogP contribution in [0.3, 0.4) is 0 Å². The van der Waals surface area contributed by atoms with Crippen molar-refractivity contribution < 1.29 is 4.74 Å². The van der Waals surface area contributed by atoms with Gasteiger partial charge in [0, 0.05) is 0 Å². The molecule has 3 heteroatoms. The Labute approximate surface area is 42.0 Å². The quantitative estimate of drug-likeness (QED) is 0.384. The Bertz CT molecular complexity index is 103. The van der Waals surface area contributed by atoms with Gasteiger partial charge in [-0.1, -0.05) is 0 Å². The highest BCUT2D eigenvalue weighted by molar-refractivity contribution is 5.88. The second kappa shape index (κ2) is 3.16. The molecule has 0 spiro atoms. The molecule has 0 bridgehead atoms. The van der Waals surface area contributed by atoms with Crippen LogP contribution in [0.1, 0.15) is 6.92 Å². The summed E-state index contributed by atoms with van der Waals surface area (Å²) < 4.78 is 4.41. The lowest BCUT2D eigenvalue weighted by molar-refractivity contribution is 0.329. The van der Waals surface area contributed by atoms with E-state index in [4.69, 9.17) is 10.7 Å². The van der Waals surface area contributed by atoms with E-state index in [0.29, 0.717) is 6.61 Å². The minimum atomic E-state index is -0.317. The van der Waals surface area contributed by atoms with Crippen LogP contribution in [0.25, 0.3) is 0 Å². The summed E-state index contributed by atoms with van der Waals surface area (Å²) in [5.74, 6) is -0.317. The van der Waals surface area contributed by atoms with Crippen LogP contribution < -0.4 is 0 Å². The number of nitrogens with zero attached hydrogens (tertiary/aromatic N) is 1. The van der Waals surface area contributed by atoms with Crippen LogP contribution >= 0.6 is 0 Å². The Hall–Kier alpha value is -1.04. The highest BCUT2D eigenvalue weighted by atomic mass is 16.5. The molecule has 0 aliphatic rings. The first-order chi connectivity index (χ1) is 3.31. The predicted molar refractivity (Wildman–Crippen MR) is 25.0 cm³/mol. The van der Waals surface area contributed by atoms with Crippen molar-refractivity contribution in [2.75, 3.05) is 6.61 Å². The highest BCUT2D eigenvalue weighted by Crippen LogP contribution is 1.71. The summed E-state index contributed by atoms with van der Waals surface area (Å²) in [6, 6.07) is 1.53. The molecule has 0 atom stereocenters. The van der Waals surface area contributed by atoms with E-state index >= 15 is 0 Å². The molecule has 38 valence electrons. The summed E-state index contributed by atoms with van der Waals surface area (Å²) in [5, 5.41) is 14.4. The van der Waals surface area contributed by atoms with Gasteiger partial charge >= 0.3 is 0 Å². The SMILES string of the molecule is CCOC(=N)C#N. The molecular weight excluding hydrogens is 92.1 g/mol. The van der Waals surface area contributed by atoms with E-state index in [9.17, 15) is 0 Å². The van der Waals surface area contributed by atoms with Crippen molar-refractivity contribution in [1.29, 1.82) is 10.7 Å². The van der Waals surface area contributed by atoms with Crippen molar-refractivity contribution in [1.82, 2.24) is 0 Å². The molecule has 1 N–H and O–H groups in total. The third-order valence-electron chi connectivity index (χ3n) is 0.390. The van der Waals surface area contributed by atoms with Gasteiger partial charge in [-0.3, -0.25) is 5.41 Å². The zero-order chi connectivity index (χ0) is 5.70. The Morgan fingerprint density at radius 2 is 2.57 bits per heavy atom. The lowest BCUT2D eigenvalue weighted by atomic mass is 10.7. The number of nitrogens with one attached hydrogen (secondary N) is 1. The fourth-order valence-corrected chi connectivity index (χ4v) is 0.177. The molecule has 0 aromatic heterocycles. The molecule has 3 nitrogen and oxygen atoms in total. The van der Waals surface area contributed by atoms with E-state index in [1.807, 2.05) is 0 Å². The zero-order valence-electron chi connectivity index (χ0n) is 4.06. The van der Waals surface area contributed by atoms with Crippen LogP contribution in [-0.2, 0) is 4.74 Å². The molecule has 0 aromatic rings. The van der Waals surface area contributed by atoms with Crippen LogP contribution in [0.2, 0.25) is 0 Å². The summed E-state index contributed by atoms with van der Waals surface area (Å²) in [7, 11) is 0. The van der Waals surface area contributed by atoms with Crippen LogP contribution in [0.15, 0.2) is 0 Å². The Balaban J connectivity index is 3.24. The molecule has 0 radical (unpaired) electrons. The standard InChI is InChI=1S/C4H6N2O/c1-2-7-4(6)3-5/h6H,2H2,1H3. The fraction of sp³-hybridized carbons (Fsp3) is 0.500. The zero-order valence-corrected chi connectivity index (χ0v) is 4.06. The van der Waals surface area contributed by atoms with Gasteiger partial charge in [0.25, 0.3) is 5.90 Å². The molecule has 0 aliphatic heterocycles. The normalized spacial score (nSPS) is 6.86. The Morgan fingerprint density at radius 3 is 2.71 bits per heavy atom. The van der Waals surface area contributed by atoms with Gasteiger partial charge in [-0.05, 0) is 6.92 Å². The van der Waals surface area contributed by atoms with Gasteiger partial charge in [0.05, 0.1) is 6.61 Å². The van der Waals surface area contributed by atoms with Crippen molar-refractivity contribution in [2.24, 2.45) is 0 Å². The largest absolute Gasteiger partial charge is 0.471 e. The number of hydrogen-bond acceptors (Lipinski definition) is 3. The lowest BCUT2D eigenvalue weighted by Crippen LogP contribution is -1.97. The molecular formula is C4H6N2O. The summed E-state index contributed by atoms with van der Waals surface area (Å²) in [6.07, 6.45) is 0. The maximum atomic E-state index is 7.87. The molecule has 0 aliphatic carbocycles. The third-order valence-corrected chi connectivity index (χ3v) is 0.390. The van der Waals surface area contributed by atoms with E-state index in [1.54, 1.807) is 6.92 Å². The molecule has 0 fully saturated rings. The topological polar surface area (TPSA) is 56.9 Å². The molecule has 0 heterocycles. The van der Waals surface area contributed by atoms with Gasteiger partial charge in [0.15, 0.2) is 6.07 Å². The van der Waals surface area contributed by atoms with Crippen molar-refractivity contribution >= 4 is 5.90 Å². The van der Waals surface area contributed by atoms with Crippen LogP contribution in [0.5, 0.6) is 0 Å². The van der Waals surface area contributed by atoms with Gasteiger partial charge in [0.2, 0.25) is 0 Å². The number of nitriles is 1. The van der Waals surface area contributed by atoms with Crippen LogP contribution in [0, 0.1) is 16.7 Å². The third kappa shape index (κ3) is 2.77. The van der Waals surface area contributed by atoms with Crippen molar-refractivity contribution in [2.45, 2.75) is 6.92 Å². The Kier molecular flexibility index (Phi) is 2.69. The summed E-state index contributed by atoms with van der Waals surface area (Å²) in [5.41, 5.74) is 0. The fourth-order valence-electron chi connectivity index (χ4n) is 0.177. The number of rotatable bonds is 1. The first kappa shape index (κ1) is 5.96. The van der Waals surface area contributed by atoms with Crippen LogP contribution in [0.4, 0.5) is 0 Å². The number of ether oxygens (including phenoxy) is 1. The van der Waals surface area contributed by atoms with Gasteiger partial charge in [-0.2, -0.15) is 5.26 Å². The summed E-state index contributed by atoms with van der Waals surface area (Å²) in [6.45, 7) is 2.12. The molecule has 0 unspecified atom stereocenters. The smallest absolute Gasteiger partial charge is 0.287 e. The number of hydrogen-bond donors (Lipinski definition) is 1. The first-order valence-corrected chi connectivity index (χ1v) is 1.92. The lowest BCUT2D eigenvalue weighted by Gasteiger charge is -1.90.